The van der Waals surface area contributed by atoms with Crippen LogP contribution in [0.15, 0.2) is 0 Å². The molecule has 228 valence electrons. The van der Waals surface area contributed by atoms with Crippen molar-refractivity contribution in [2.75, 3.05) is 99.1 Å². The smallest absolute Gasteiger partial charge is 0.305 e. The van der Waals surface area contributed by atoms with Gasteiger partial charge in [0.05, 0.1) is 85.9 Å². The predicted molar refractivity (Wildman–Crippen MR) is 149 cm³/mol. The van der Waals surface area contributed by atoms with Crippen molar-refractivity contribution < 1.29 is 42.7 Å². The minimum Gasteiger partial charge on any atom is -0.463 e. The zero-order valence-electron chi connectivity index (χ0n) is 24.6. The molecule has 0 radical (unpaired) electrons. The fourth-order valence-electron chi connectivity index (χ4n) is 3.39. The van der Waals surface area contributed by atoms with E-state index in [2.05, 4.69) is 13.8 Å². The Bertz CT molecular complexity index is 452. The van der Waals surface area contributed by atoms with E-state index >= 15 is 0 Å². The largest absolute Gasteiger partial charge is 0.463 e. The van der Waals surface area contributed by atoms with Gasteiger partial charge in [-0.05, 0) is 12.8 Å². The van der Waals surface area contributed by atoms with E-state index < -0.39 is 0 Å². The third-order valence-electron chi connectivity index (χ3n) is 5.60. The lowest BCUT2D eigenvalue weighted by atomic mass is 10.1. The second-order valence-electron chi connectivity index (χ2n) is 9.09. The van der Waals surface area contributed by atoms with Crippen molar-refractivity contribution in [3.05, 3.63) is 0 Å². The number of esters is 1. The summed E-state index contributed by atoms with van der Waals surface area (Å²) in [4.78, 5) is 11.6. The Kier molecular flexibility index (Phi) is 33.5. The quantitative estimate of drug-likeness (QED) is 0.0829. The third kappa shape index (κ3) is 33.2. The average molecular weight is 551 g/mol. The summed E-state index contributed by atoms with van der Waals surface area (Å²) in [6.45, 7) is 12.4. The van der Waals surface area contributed by atoms with E-state index in [0.29, 0.717) is 98.9 Å². The molecule has 0 aromatic heterocycles. The van der Waals surface area contributed by atoms with E-state index in [1.807, 2.05) is 0 Å². The highest BCUT2D eigenvalue weighted by Gasteiger charge is 2.02. The number of hydrogen-bond donors (Lipinski definition) is 0. The highest BCUT2D eigenvalue weighted by atomic mass is 16.6. The number of carbonyl (C=O) groups excluding carboxylic acids is 1. The van der Waals surface area contributed by atoms with Gasteiger partial charge in [0, 0.05) is 13.0 Å². The van der Waals surface area contributed by atoms with E-state index in [1.54, 1.807) is 0 Å². The van der Waals surface area contributed by atoms with Crippen LogP contribution in [0.1, 0.15) is 84.5 Å². The summed E-state index contributed by atoms with van der Waals surface area (Å²) in [5.74, 6) is -0.139. The molecule has 9 heteroatoms. The second-order valence-corrected chi connectivity index (χ2v) is 9.09. The van der Waals surface area contributed by atoms with Crippen LogP contribution in [0.5, 0.6) is 0 Å². The summed E-state index contributed by atoms with van der Waals surface area (Å²) in [6, 6.07) is 0. The molecule has 0 saturated heterocycles. The van der Waals surface area contributed by atoms with Crippen molar-refractivity contribution in [1.29, 1.82) is 0 Å². The maximum absolute atomic E-state index is 11.6. The number of rotatable bonds is 33. The fraction of sp³-hybridized carbons (Fsp3) is 0.966. The van der Waals surface area contributed by atoms with Crippen LogP contribution in [0.2, 0.25) is 0 Å². The molecule has 0 aliphatic rings. The molecule has 0 unspecified atom stereocenters. The number of unbranched alkanes of at least 4 members (excludes halogenated alkanes) is 8. The second kappa shape index (κ2) is 34.2. The van der Waals surface area contributed by atoms with Crippen LogP contribution >= 0.6 is 0 Å². The van der Waals surface area contributed by atoms with Crippen molar-refractivity contribution in [1.82, 2.24) is 0 Å². The fourth-order valence-corrected chi connectivity index (χ4v) is 3.39. The molecule has 0 aromatic rings. The van der Waals surface area contributed by atoms with E-state index in [9.17, 15) is 4.79 Å². The van der Waals surface area contributed by atoms with Crippen LogP contribution in [0.3, 0.4) is 0 Å². The molecule has 38 heavy (non-hydrogen) atoms. The molecule has 0 spiro atoms. The highest BCUT2D eigenvalue weighted by molar-refractivity contribution is 5.69. The molecule has 0 aromatic carbocycles. The van der Waals surface area contributed by atoms with Crippen molar-refractivity contribution in [2.24, 2.45) is 0 Å². The maximum Gasteiger partial charge on any atom is 0.305 e. The number of ether oxygens (including phenoxy) is 8. The molecule has 0 fully saturated rings. The summed E-state index contributed by atoms with van der Waals surface area (Å²) in [5, 5.41) is 0. The van der Waals surface area contributed by atoms with E-state index in [4.69, 9.17) is 37.9 Å². The van der Waals surface area contributed by atoms with Gasteiger partial charge < -0.3 is 37.9 Å². The SMILES string of the molecule is CCCCCCCOCCOCCOCCOCCOCCOCCOCCOC(=O)CCCCCCC. The predicted octanol–water partition coefficient (Wildman–Crippen LogP) is 4.98. The van der Waals surface area contributed by atoms with Gasteiger partial charge in [-0.1, -0.05) is 65.2 Å². The van der Waals surface area contributed by atoms with Gasteiger partial charge in [0.2, 0.25) is 0 Å². The molecule has 0 amide bonds. The molecule has 0 N–H and O–H groups in total. The Morgan fingerprint density at radius 3 is 1.08 bits per heavy atom. The lowest BCUT2D eigenvalue weighted by molar-refractivity contribution is -0.145. The average Bonchev–Trinajstić information content (AvgIpc) is 2.92. The third-order valence-corrected chi connectivity index (χ3v) is 5.60. The van der Waals surface area contributed by atoms with Crippen LogP contribution in [0, 0.1) is 0 Å². The van der Waals surface area contributed by atoms with Crippen molar-refractivity contribution in [3.8, 4) is 0 Å². The molecule has 0 rings (SSSR count). The summed E-state index contributed by atoms with van der Waals surface area (Å²) >= 11 is 0. The molecule has 0 bridgehead atoms. The van der Waals surface area contributed by atoms with Crippen LogP contribution in [0.25, 0.3) is 0 Å². The van der Waals surface area contributed by atoms with Gasteiger partial charge in [-0.3, -0.25) is 4.79 Å². The number of hydrogen-bond acceptors (Lipinski definition) is 9. The normalized spacial score (nSPS) is 11.3. The van der Waals surface area contributed by atoms with Gasteiger partial charge in [-0.25, -0.2) is 0 Å². The summed E-state index contributed by atoms with van der Waals surface area (Å²) in [7, 11) is 0. The van der Waals surface area contributed by atoms with E-state index in [0.717, 1.165) is 25.9 Å². The van der Waals surface area contributed by atoms with Crippen LogP contribution in [0.4, 0.5) is 0 Å². The number of carbonyl (C=O) groups is 1. The first-order valence-electron chi connectivity index (χ1n) is 15.0. The minimum atomic E-state index is -0.139. The first-order chi connectivity index (χ1) is 18.8. The summed E-state index contributed by atoms with van der Waals surface area (Å²) < 4.78 is 43.4. The van der Waals surface area contributed by atoms with Gasteiger partial charge in [0.15, 0.2) is 0 Å². The Balaban J connectivity index is 3.08. The first kappa shape index (κ1) is 37.2. The Labute approximate surface area is 232 Å². The zero-order chi connectivity index (χ0) is 27.6. The lowest BCUT2D eigenvalue weighted by Gasteiger charge is -2.09. The van der Waals surface area contributed by atoms with Gasteiger partial charge in [-0.15, -0.1) is 0 Å². The van der Waals surface area contributed by atoms with Crippen molar-refractivity contribution >= 4 is 5.97 Å². The summed E-state index contributed by atoms with van der Waals surface area (Å²) in [5.41, 5.74) is 0. The van der Waals surface area contributed by atoms with Crippen molar-refractivity contribution in [3.63, 3.8) is 0 Å². The molecule has 0 atom stereocenters. The van der Waals surface area contributed by atoms with E-state index in [1.165, 1.54) is 44.9 Å². The first-order valence-corrected chi connectivity index (χ1v) is 15.0. The van der Waals surface area contributed by atoms with Crippen LogP contribution in [-0.2, 0) is 42.7 Å². The molecular formula is C29H58O9. The monoisotopic (exact) mass is 550 g/mol. The standard InChI is InChI=1S/C29H58O9/c1-3-5-7-9-11-13-29(30)38-28-27-37-26-25-36-24-23-35-22-21-34-20-19-33-18-17-32-16-15-31-14-12-10-8-6-4-2/h3-28H2,1-2H3. The molecule has 0 saturated carbocycles. The summed E-state index contributed by atoms with van der Waals surface area (Å²) in [6.07, 6.45) is 12.4. The minimum absolute atomic E-state index is 0.139. The van der Waals surface area contributed by atoms with Gasteiger partial charge in [-0.2, -0.15) is 0 Å². The lowest BCUT2D eigenvalue weighted by Crippen LogP contribution is -2.15. The molecular weight excluding hydrogens is 492 g/mol. The Morgan fingerprint density at radius 1 is 0.368 bits per heavy atom. The Morgan fingerprint density at radius 2 is 0.684 bits per heavy atom. The van der Waals surface area contributed by atoms with Crippen molar-refractivity contribution in [2.45, 2.75) is 84.5 Å². The van der Waals surface area contributed by atoms with Gasteiger partial charge in [0.1, 0.15) is 6.61 Å². The topological polar surface area (TPSA) is 90.9 Å². The highest BCUT2D eigenvalue weighted by Crippen LogP contribution is 2.05. The zero-order valence-corrected chi connectivity index (χ0v) is 24.6. The molecule has 0 aliphatic carbocycles. The van der Waals surface area contributed by atoms with Crippen LogP contribution < -0.4 is 0 Å². The van der Waals surface area contributed by atoms with Gasteiger partial charge >= 0.3 is 5.97 Å². The van der Waals surface area contributed by atoms with Crippen LogP contribution in [-0.4, -0.2) is 105 Å². The van der Waals surface area contributed by atoms with Gasteiger partial charge in [0.25, 0.3) is 0 Å². The maximum atomic E-state index is 11.6. The molecule has 0 heterocycles. The molecule has 0 aliphatic heterocycles. The van der Waals surface area contributed by atoms with E-state index in [-0.39, 0.29) is 5.97 Å². The molecule has 9 nitrogen and oxygen atoms in total. The Hall–Kier alpha value is -0.810.